The number of carbonyl (C=O) groups excluding carboxylic acids is 3. The normalized spacial score (nSPS) is 13.3. The molecule has 1 heterocycles. The summed E-state index contributed by atoms with van der Waals surface area (Å²) in [7, 11) is 0. The zero-order valence-corrected chi connectivity index (χ0v) is 15.2. The third-order valence-corrected chi connectivity index (χ3v) is 3.95. The lowest BCUT2D eigenvalue weighted by atomic mass is 10.1. The van der Waals surface area contributed by atoms with E-state index in [1.54, 1.807) is 23.1 Å². The summed E-state index contributed by atoms with van der Waals surface area (Å²) in [6, 6.07) is 4.96. The number of nitrogens with zero attached hydrogens (tertiary/aromatic N) is 2. The molecule has 0 aromatic heterocycles. The molecule has 1 aliphatic rings. The molecule has 0 aliphatic carbocycles. The molecule has 0 saturated carbocycles. The average molecular weight is 347 g/mol. The Morgan fingerprint density at radius 2 is 1.96 bits per heavy atom. The number of nitrogens with one attached hydrogen (secondary N) is 1. The molecular weight excluding hydrogens is 322 g/mol. The van der Waals surface area contributed by atoms with Crippen LogP contribution in [0, 0.1) is 0 Å². The summed E-state index contributed by atoms with van der Waals surface area (Å²) in [5.74, 6) is -0.180. The molecule has 0 fully saturated rings. The van der Waals surface area contributed by atoms with Gasteiger partial charge in [0.2, 0.25) is 5.91 Å². The third kappa shape index (κ3) is 4.29. The van der Waals surface area contributed by atoms with E-state index in [2.05, 4.69) is 5.32 Å². The summed E-state index contributed by atoms with van der Waals surface area (Å²) in [5.41, 5.74) is 0.920. The van der Waals surface area contributed by atoms with E-state index in [1.807, 2.05) is 27.7 Å². The van der Waals surface area contributed by atoms with Crippen LogP contribution in [0.15, 0.2) is 18.2 Å². The summed E-state index contributed by atoms with van der Waals surface area (Å²) in [6.07, 6.45) is 0. The Bertz CT molecular complexity index is 668. The van der Waals surface area contributed by atoms with Gasteiger partial charge in [-0.3, -0.25) is 19.3 Å². The second kappa shape index (κ2) is 8.00. The number of rotatable bonds is 6. The van der Waals surface area contributed by atoms with Crippen molar-refractivity contribution in [3.63, 3.8) is 0 Å². The number of carbonyl (C=O) groups is 3. The van der Waals surface area contributed by atoms with Gasteiger partial charge >= 0.3 is 0 Å². The number of benzene rings is 1. The second-order valence-corrected chi connectivity index (χ2v) is 6.15. The molecule has 0 unspecified atom stereocenters. The van der Waals surface area contributed by atoms with Crippen molar-refractivity contribution in [1.82, 2.24) is 10.2 Å². The van der Waals surface area contributed by atoms with Crippen molar-refractivity contribution in [2.24, 2.45) is 0 Å². The van der Waals surface area contributed by atoms with Crippen LogP contribution in [0.2, 0.25) is 0 Å². The van der Waals surface area contributed by atoms with Crippen molar-refractivity contribution in [3.8, 4) is 5.75 Å². The van der Waals surface area contributed by atoms with Crippen molar-refractivity contribution in [2.45, 2.75) is 33.7 Å². The predicted molar refractivity (Wildman–Crippen MR) is 94.8 cm³/mol. The number of ether oxygens (including phenoxy) is 1. The molecule has 7 nitrogen and oxygen atoms in total. The number of amides is 3. The lowest BCUT2D eigenvalue weighted by molar-refractivity contribution is -0.125. The topological polar surface area (TPSA) is 79.0 Å². The smallest absolute Gasteiger partial charge is 0.265 e. The van der Waals surface area contributed by atoms with Gasteiger partial charge in [-0.15, -0.1) is 0 Å². The first-order valence-electron chi connectivity index (χ1n) is 8.53. The standard InChI is InChI=1S/C18H25N3O4/c1-5-20(6-2)18(24)13-7-8-15-14(9-13)21(17(23)11-25-15)10-16(22)19-12(3)4/h7-9,12H,5-6,10-11H2,1-4H3,(H,19,22). The van der Waals surface area contributed by atoms with Crippen LogP contribution in [0.25, 0.3) is 0 Å². The lowest BCUT2D eigenvalue weighted by Gasteiger charge is -2.30. The molecule has 0 bridgehead atoms. The Balaban J connectivity index is 2.31. The van der Waals surface area contributed by atoms with E-state index in [0.717, 1.165) is 0 Å². The van der Waals surface area contributed by atoms with Crippen LogP contribution in [-0.2, 0) is 9.59 Å². The molecule has 0 saturated heterocycles. The van der Waals surface area contributed by atoms with Gasteiger partial charge < -0.3 is 15.0 Å². The van der Waals surface area contributed by atoms with Crippen LogP contribution in [-0.4, -0.2) is 54.9 Å². The Labute approximate surface area is 147 Å². The summed E-state index contributed by atoms with van der Waals surface area (Å²) in [6.45, 7) is 8.51. The second-order valence-electron chi connectivity index (χ2n) is 6.15. The van der Waals surface area contributed by atoms with Gasteiger partial charge in [0.25, 0.3) is 11.8 Å². The summed E-state index contributed by atoms with van der Waals surface area (Å²) >= 11 is 0. The van der Waals surface area contributed by atoms with E-state index < -0.39 is 0 Å². The largest absolute Gasteiger partial charge is 0.482 e. The van der Waals surface area contributed by atoms with Crippen molar-refractivity contribution >= 4 is 23.4 Å². The molecule has 0 radical (unpaired) electrons. The highest BCUT2D eigenvalue weighted by Gasteiger charge is 2.28. The Hall–Kier alpha value is -2.57. The summed E-state index contributed by atoms with van der Waals surface area (Å²) in [5, 5.41) is 2.77. The molecule has 1 aliphatic heterocycles. The molecule has 0 atom stereocenters. The SMILES string of the molecule is CCN(CC)C(=O)c1ccc2c(c1)N(CC(=O)NC(C)C)C(=O)CO2. The molecule has 2 rings (SSSR count). The van der Waals surface area contributed by atoms with Gasteiger partial charge in [0.1, 0.15) is 12.3 Å². The third-order valence-electron chi connectivity index (χ3n) is 3.95. The van der Waals surface area contributed by atoms with Crippen LogP contribution in [0.3, 0.4) is 0 Å². The first-order chi connectivity index (χ1) is 11.9. The van der Waals surface area contributed by atoms with Crippen molar-refractivity contribution in [1.29, 1.82) is 0 Å². The monoisotopic (exact) mass is 347 g/mol. The van der Waals surface area contributed by atoms with E-state index >= 15 is 0 Å². The van der Waals surface area contributed by atoms with Crippen LogP contribution < -0.4 is 15.0 Å². The van der Waals surface area contributed by atoms with Crippen molar-refractivity contribution < 1.29 is 19.1 Å². The van der Waals surface area contributed by atoms with Crippen LogP contribution in [0.1, 0.15) is 38.1 Å². The number of fused-ring (bicyclic) bond motifs is 1. The van der Waals surface area contributed by atoms with Crippen LogP contribution in [0.4, 0.5) is 5.69 Å². The van der Waals surface area contributed by atoms with Gasteiger partial charge in [0.15, 0.2) is 6.61 Å². The Kier molecular flexibility index (Phi) is 6.01. The van der Waals surface area contributed by atoms with Gasteiger partial charge in [0.05, 0.1) is 5.69 Å². The zero-order chi connectivity index (χ0) is 18.6. The van der Waals surface area contributed by atoms with E-state index in [4.69, 9.17) is 4.74 Å². The first kappa shape index (κ1) is 18.8. The van der Waals surface area contributed by atoms with Crippen LogP contribution in [0.5, 0.6) is 5.75 Å². The molecule has 25 heavy (non-hydrogen) atoms. The molecular formula is C18H25N3O4. The summed E-state index contributed by atoms with van der Waals surface area (Å²) in [4.78, 5) is 39.9. The minimum atomic E-state index is -0.307. The van der Waals surface area contributed by atoms with Gasteiger partial charge in [-0.2, -0.15) is 0 Å². The highest BCUT2D eigenvalue weighted by atomic mass is 16.5. The fourth-order valence-electron chi connectivity index (χ4n) is 2.71. The van der Waals surface area contributed by atoms with E-state index in [-0.39, 0.29) is 36.9 Å². The minimum absolute atomic E-state index is 0.0151. The molecule has 0 spiro atoms. The molecule has 1 N–H and O–H groups in total. The van der Waals surface area contributed by atoms with E-state index in [9.17, 15) is 14.4 Å². The maximum absolute atomic E-state index is 12.6. The highest BCUT2D eigenvalue weighted by Crippen LogP contribution is 2.33. The number of hydrogen-bond donors (Lipinski definition) is 1. The predicted octanol–water partition coefficient (Wildman–Crippen LogP) is 1.42. The zero-order valence-electron chi connectivity index (χ0n) is 15.2. The fourth-order valence-corrected chi connectivity index (χ4v) is 2.71. The van der Waals surface area contributed by atoms with Gasteiger partial charge in [-0.25, -0.2) is 0 Å². The molecule has 1 aromatic rings. The average Bonchev–Trinajstić information content (AvgIpc) is 2.57. The molecule has 1 aromatic carbocycles. The van der Waals surface area contributed by atoms with Gasteiger partial charge in [-0.05, 0) is 45.9 Å². The fraction of sp³-hybridized carbons (Fsp3) is 0.500. The molecule has 136 valence electrons. The Morgan fingerprint density at radius 1 is 1.28 bits per heavy atom. The van der Waals surface area contributed by atoms with Crippen LogP contribution >= 0.6 is 0 Å². The maximum atomic E-state index is 12.6. The van der Waals surface area contributed by atoms with Crippen molar-refractivity contribution in [3.05, 3.63) is 23.8 Å². The quantitative estimate of drug-likeness (QED) is 0.844. The molecule has 7 heteroatoms. The summed E-state index contributed by atoms with van der Waals surface area (Å²) < 4.78 is 5.43. The van der Waals surface area contributed by atoms with E-state index in [0.29, 0.717) is 30.1 Å². The van der Waals surface area contributed by atoms with Crippen molar-refractivity contribution in [2.75, 3.05) is 31.1 Å². The maximum Gasteiger partial charge on any atom is 0.265 e. The number of anilines is 1. The van der Waals surface area contributed by atoms with E-state index in [1.165, 1.54) is 4.90 Å². The van der Waals surface area contributed by atoms with Gasteiger partial charge in [-0.1, -0.05) is 0 Å². The van der Waals surface area contributed by atoms with Gasteiger partial charge in [0, 0.05) is 24.7 Å². The lowest BCUT2D eigenvalue weighted by Crippen LogP contribution is -2.46. The Morgan fingerprint density at radius 3 is 2.56 bits per heavy atom. The highest BCUT2D eigenvalue weighted by molar-refractivity contribution is 6.04. The first-order valence-corrected chi connectivity index (χ1v) is 8.53. The minimum Gasteiger partial charge on any atom is -0.482 e. The number of hydrogen-bond acceptors (Lipinski definition) is 4. The molecule has 3 amide bonds.